The zero-order valence-electron chi connectivity index (χ0n) is 9.07. The first-order chi connectivity index (χ1) is 7.84. The summed E-state index contributed by atoms with van der Waals surface area (Å²) in [5.74, 6) is 0.771. The summed E-state index contributed by atoms with van der Waals surface area (Å²) < 4.78 is 0. The van der Waals surface area contributed by atoms with Crippen molar-refractivity contribution in [1.82, 2.24) is 20.3 Å². The van der Waals surface area contributed by atoms with E-state index in [1.54, 1.807) is 12.4 Å². The van der Waals surface area contributed by atoms with Crippen molar-refractivity contribution in [3.05, 3.63) is 41.5 Å². The van der Waals surface area contributed by atoms with Gasteiger partial charge < -0.3 is 5.32 Å². The highest BCUT2D eigenvalue weighted by Gasteiger charge is 2.16. The van der Waals surface area contributed by atoms with Gasteiger partial charge in [0, 0.05) is 42.3 Å². The molecule has 3 rings (SSSR count). The Morgan fingerprint density at radius 1 is 1.25 bits per heavy atom. The van der Waals surface area contributed by atoms with Gasteiger partial charge in [-0.2, -0.15) is 0 Å². The van der Waals surface area contributed by atoms with Crippen LogP contribution < -0.4 is 5.32 Å². The van der Waals surface area contributed by atoms with Gasteiger partial charge in [-0.1, -0.05) is 0 Å². The Hall–Kier alpha value is -1.81. The number of hydrogen-bond donors (Lipinski definition) is 1. The summed E-state index contributed by atoms with van der Waals surface area (Å²) in [6.07, 6.45) is 3.55. The van der Waals surface area contributed by atoms with Gasteiger partial charge in [-0.15, -0.1) is 0 Å². The molecular formula is C12H12N4. The van der Waals surface area contributed by atoms with Crippen LogP contribution in [0.2, 0.25) is 0 Å². The summed E-state index contributed by atoms with van der Waals surface area (Å²) in [7, 11) is 0. The van der Waals surface area contributed by atoms with Gasteiger partial charge in [0.25, 0.3) is 0 Å². The zero-order chi connectivity index (χ0) is 11.0. The molecule has 0 fully saturated rings. The maximum Gasteiger partial charge on any atom is 0.161 e. The molecule has 3 heterocycles. The minimum atomic E-state index is 0.771. The van der Waals surface area contributed by atoms with Gasteiger partial charge in [0.05, 0.1) is 5.69 Å². The molecule has 80 valence electrons. The quantitative estimate of drug-likeness (QED) is 0.777. The van der Waals surface area contributed by atoms with Crippen LogP contribution in [0.4, 0.5) is 0 Å². The molecule has 0 radical (unpaired) electrons. The van der Waals surface area contributed by atoms with Gasteiger partial charge in [0.15, 0.2) is 5.82 Å². The Morgan fingerprint density at radius 2 is 2.19 bits per heavy atom. The molecule has 0 spiro atoms. The van der Waals surface area contributed by atoms with Gasteiger partial charge in [-0.3, -0.25) is 4.98 Å². The average Bonchev–Trinajstić information content (AvgIpc) is 2.79. The second-order valence-electron chi connectivity index (χ2n) is 3.90. The van der Waals surface area contributed by atoms with Crippen LogP contribution in [0.1, 0.15) is 17.0 Å². The van der Waals surface area contributed by atoms with E-state index in [-0.39, 0.29) is 0 Å². The molecule has 4 heteroatoms. The first-order valence-corrected chi connectivity index (χ1v) is 5.32. The lowest BCUT2D eigenvalue weighted by Crippen LogP contribution is -2.00. The van der Waals surface area contributed by atoms with Crippen LogP contribution in [0.5, 0.6) is 0 Å². The van der Waals surface area contributed by atoms with Crippen molar-refractivity contribution in [1.29, 1.82) is 0 Å². The first kappa shape index (κ1) is 9.42. The van der Waals surface area contributed by atoms with Crippen LogP contribution >= 0.6 is 0 Å². The third-order valence-corrected chi connectivity index (χ3v) is 2.81. The van der Waals surface area contributed by atoms with E-state index in [0.717, 1.165) is 35.9 Å². The maximum absolute atomic E-state index is 4.57. The molecular weight excluding hydrogens is 200 g/mol. The van der Waals surface area contributed by atoms with E-state index in [9.17, 15) is 0 Å². The zero-order valence-corrected chi connectivity index (χ0v) is 9.07. The van der Waals surface area contributed by atoms with Crippen LogP contribution in [0.25, 0.3) is 11.4 Å². The summed E-state index contributed by atoms with van der Waals surface area (Å²) in [5.41, 5.74) is 4.40. The fraction of sp³-hybridized carbons (Fsp3) is 0.250. The minimum absolute atomic E-state index is 0.771. The van der Waals surface area contributed by atoms with E-state index in [1.165, 1.54) is 5.56 Å². The Bertz CT molecular complexity index is 522. The Labute approximate surface area is 93.8 Å². The highest BCUT2D eigenvalue weighted by molar-refractivity contribution is 5.54. The van der Waals surface area contributed by atoms with Gasteiger partial charge >= 0.3 is 0 Å². The highest BCUT2D eigenvalue weighted by atomic mass is 15.0. The highest BCUT2D eigenvalue weighted by Crippen LogP contribution is 2.20. The number of pyridine rings is 1. The van der Waals surface area contributed by atoms with Gasteiger partial charge in [0.2, 0.25) is 0 Å². The number of aryl methyl sites for hydroxylation is 1. The second kappa shape index (κ2) is 3.64. The van der Waals surface area contributed by atoms with E-state index >= 15 is 0 Å². The molecule has 0 bridgehead atoms. The predicted molar refractivity (Wildman–Crippen MR) is 60.5 cm³/mol. The summed E-state index contributed by atoms with van der Waals surface area (Å²) in [6, 6.07) is 3.88. The lowest BCUT2D eigenvalue weighted by molar-refractivity contribution is 0.757. The number of fused-ring (bicyclic) bond motifs is 1. The molecule has 16 heavy (non-hydrogen) atoms. The Kier molecular flexibility index (Phi) is 2.15. The SMILES string of the molecule is Cc1nc(-c2cccnc2)nc2c1CNC2. The molecule has 0 atom stereocenters. The number of nitrogens with zero attached hydrogens (tertiary/aromatic N) is 3. The fourth-order valence-electron chi connectivity index (χ4n) is 1.96. The normalized spacial score (nSPS) is 13.8. The molecule has 0 saturated heterocycles. The first-order valence-electron chi connectivity index (χ1n) is 5.32. The van der Waals surface area contributed by atoms with Crippen molar-refractivity contribution < 1.29 is 0 Å². The smallest absolute Gasteiger partial charge is 0.161 e. The molecule has 0 amide bonds. The van der Waals surface area contributed by atoms with Crippen molar-refractivity contribution in [2.75, 3.05) is 0 Å². The third kappa shape index (κ3) is 1.47. The average molecular weight is 212 g/mol. The summed E-state index contributed by atoms with van der Waals surface area (Å²) in [5, 5.41) is 3.29. The van der Waals surface area contributed by atoms with Crippen molar-refractivity contribution in [3.8, 4) is 11.4 Å². The number of nitrogens with one attached hydrogen (secondary N) is 1. The molecule has 0 aliphatic carbocycles. The molecule has 0 unspecified atom stereocenters. The Morgan fingerprint density at radius 3 is 3.00 bits per heavy atom. The number of hydrogen-bond acceptors (Lipinski definition) is 4. The summed E-state index contributed by atoms with van der Waals surface area (Å²) in [6.45, 7) is 3.76. The fourth-order valence-corrected chi connectivity index (χ4v) is 1.96. The minimum Gasteiger partial charge on any atom is -0.307 e. The lowest BCUT2D eigenvalue weighted by atomic mass is 10.2. The molecule has 0 saturated carbocycles. The maximum atomic E-state index is 4.57. The molecule has 0 aromatic carbocycles. The van der Waals surface area contributed by atoms with E-state index in [2.05, 4.69) is 20.3 Å². The third-order valence-electron chi connectivity index (χ3n) is 2.81. The van der Waals surface area contributed by atoms with Crippen LogP contribution in [0.15, 0.2) is 24.5 Å². The summed E-state index contributed by atoms with van der Waals surface area (Å²) >= 11 is 0. The largest absolute Gasteiger partial charge is 0.307 e. The van der Waals surface area contributed by atoms with Crippen molar-refractivity contribution in [2.24, 2.45) is 0 Å². The van der Waals surface area contributed by atoms with E-state index < -0.39 is 0 Å². The molecule has 1 N–H and O–H groups in total. The van der Waals surface area contributed by atoms with E-state index in [0.29, 0.717) is 0 Å². The standard InChI is InChI=1S/C12H12N4/c1-8-10-6-14-7-11(10)16-12(15-8)9-3-2-4-13-5-9/h2-5,14H,6-7H2,1H3. The summed E-state index contributed by atoms with van der Waals surface area (Å²) in [4.78, 5) is 13.2. The number of aromatic nitrogens is 3. The van der Waals surface area contributed by atoms with Gasteiger partial charge in [-0.25, -0.2) is 9.97 Å². The van der Waals surface area contributed by atoms with Crippen molar-refractivity contribution in [3.63, 3.8) is 0 Å². The predicted octanol–water partition coefficient (Wildman–Crippen LogP) is 1.45. The molecule has 4 nitrogen and oxygen atoms in total. The van der Waals surface area contributed by atoms with Crippen LogP contribution in [0.3, 0.4) is 0 Å². The lowest BCUT2D eigenvalue weighted by Gasteiger charge is -2.05. The molecule has 1 aliphatic heterocycles. The molecule has 2 aromatic rings. The molecule has 2 aromatic heterocycles. The monoisotopic (exact) mass is 212 g/mol. The van der Waals surface area contributed by atoms with Gasteiger partial charge in [0.1, 0.15) is 0 Å². The van der Waals surface area contributed by atoms with E-state index in [4.69, 9.17) is 0 Å². The van der Waals surface area contributed by atoms with Crippen molar-refractivity contribution >= 4 is 0 Å². The van der Waals surface area contributed by atoms with Crippen LogP contribution in [-0.2, 0) is 13.1 Å². The van der Waals surface area contributed by atoms with Crippen molar-refractivity contribution in [2.45, 2.75) is 20.0 Å². The second-order valence-corrected chi connectivity index (χ2v) is 3.90. The van der Waals surface area contributed by atoms with Crippen LogP contribution in [-0.4, -0.2) is 15.0 Å². The van der Waals surface area contributed by atoms with Crippen LogP contribution in [0, 0.1) is 6.92 Å². The van der Waals surface area contributed by atoms with Gasteiger partial charge in [-0.05, 0) is 19.1 Å². The van der Waals surface area contributed by atoms with E-state index in [1.807, 2.05) is 19.1 Å². The molecule has 1 aliphatic rings. The number of rotatable bonds is 1. The topological polar surface area (TPSA) is 50.7 Å². The Balaban J connectivity index is 2.13.